The minimum atomic E-state index is -1.31. The van der Waals surface area contributed by atoms with Crippen LogP contribution in [0.15, 0.2) is 36.4 Å². The average Bonchev–Trinajstić information content (AvgIpc) is 2.71. The lowest BCUT2D eigenvalue weighted by Crippen LogP contribution is -2.03. The van der Waals surface area contributed by atoms with Gasteiger partial charge in [-0.1, -0.05) is 52.5 Å². The highest BCUT2D eigenvalue weighted by atomic mass is 35.5. The monoisotopic (exact) mass is 522 g/mol. The third-order valence-electron chi connectivity index (χ3n) is 3.54. The van der Waals surface area contributed by atoms with E-state index in [1.54, 1.807) is 50.6 Å². The maximum Gasteiger partial charge on any atom is 0.314 e. The number of nitrogen functional groups attached to an aromatic ring is 1. The van der Waals surface area contributed by atoms with Crippen LogP contribution in [-0.4, -0.2) is 41.4 Å². The van der Waals surface area contributed by atoms with Gasteiger partial charge >= 0.3 is 11.9 Å². The lowest BCUT2D eigenvalue weighted by atomic mass is 10.2. The van der Waals surface area contributed by atoms with Crippen molar-refractivity contribution in [1.29, 1.82) is 0 Å². The second-order valence-corrected chi connectivity index (χ2v) is 7.28. The zero-order valence-electron chi connectivity index (χ0n) is 16.7. The van der Waals surface area contributed by atoms with Crippen LogP contribution in [0.5, 0.6) is 11.5 Å². The molecule has 3 rings (SSSR count). The molecular weight excluding hydrogens is 506 g/mol. The van der Waals surface area contributed by atoms with Crippen LogP contribution >= 0.6 is 46.4 Å². The van der Waals surface area contributed by atoms with E-state index in [0.29, 0.717) is 42.9 Å². The molecule has 0 amide bonds. The van der Waals surface area contributed by atoms with E-state index in [0.717, 1.165) is 5.39 Å². The maximum absolute atomic E-state index is 9.43. The smallest absolute Gasteiger partial charge is 0.314 e. The Morgan fingerprint density at radius 3 is 1.97 bits per heavy atom. The summed E-state index contributed by atoms with van der Waals surface area (Å²) < 4.78 is 9.99. The van der Waals surface area contributed by atoms with Gasteiger partial charge in [0.05, 0.1) is 30.4 Å². The molecule has 4 N–H and O–H groups in total. The Kier molecular flexibility index (Phi) is 11.1. The van der Waals surface area contributed by atoms with Gasteiger partial charge in [-0.15, -0.1) is 0 Å². The van der Waals surface area contributed by atoms with Crippen molar-refractivity contribution in [3.63, 3.8) is 0 Å². The summed E-state index contributed by atoms with van der Waals surface area (Å²) in [5.41, 5.74) is 6.58. The molecule has 0 radical (unpaired) electrons. The van der Waals surface area contributed by atoms with E-state index in [4.69, 9.17) is 71.8 Å². The average molecular weight is 524 g/mol. The van der Waals surface area contributed by atoms with Crippen LogP contribution in [-0.2, 0) is 9.59 Å². The predicted molar refractivity (Wildman–Crippen MR) is 126 cm³/mol. The van der Waals surface area contributed by atoms with Gasteiger partial charge in [-0.2, -0.15) is 0 Å². The Labute approximate surface area is 203 Å². The number of hydrogen-bond donors (Lipinski definition) is 3. The number of hydrogen-bond acceptors (Lipinski definition) is 6. The fourth-order valence-electron chi connectivity index (χ4n) is 2.14. The number of nitrogens with zero attached hydrogens (tertiary/aromatic N) is 1. The Balaban J connectivity index is 0.000000262. The van der Waals surface area contributed by atoms with Crippen molar-refractivity contribution >= 4 is 74.9 Å². The van der Waals surface area contributed by atoms with Gasteiger partial charge in [-0.3, -0.25) is 9.59 Å². The molecule has 0 aliphatic heterocycles. The SMILES string of the molecule is COc1ccc2c(Cl)cc(Cl)nc2c1Cl.COc1cccc(N)c1Cl.O=C(O)CC(=O)O. The Morgan fingerprint density at radius 1 is 0.938 bits per heavy atom. The fourth-order valence-corrected chi connectivity index (χ4v) is 3.13. The number of aromatic nitrogens is 1. The second kappa shape index (κ2) is 13.0. The largest absolute Gasteiger partial charge is 0.495 e. The Bertz CT molecular complexity index is 1100. The third kappa shape index (κ3) is 8.12. The molecule has 0 saturated carbocycles. The quantitative estimate of drug-likeness (QED) is 0.226. The number of anilines is 1. The van der Waals surface area contributed by atoms with Crippen LogP contribution in [0.4, 0.5) is 5.69 Å². The molecular formula is C20H18Cl4N2O6. The van der Waals surface area contributed by atoms with Crippen molar-refractivity contribution in [2.45, 2.75) is 6.42 Å². The van der Waals surface area contributed by atoms with E-state index < -0.39 is 18.4 Å². The molecule has 2 aromatic carbocycles. The number of halogens is 4. The molecule has 0 aliphatic rings. The van der Waals surface area contributed by atoms with Crippen LogP contribution in [0.25, 0.3) is 10.9 Å². The molecule has 1 heterocycles. The lowest BCUT2D eigenvalue weighted by molar-refractivity contribution is -0.147. The molecule has 172 valence electrons. The number of benzene rings is 2. The molecule has 0 saturated heterocycles. The summed E-state index contributed by atoms with van der Waals surface area (Å²) in [6.45, 7) is 0. The van der Waals surface area contributed by atoms with Gasteiger partial charge in [0.15, 0.2) is 0 Å². The van der Waals surface area contributed by atoms with Crippen LogP contribution in [0.1, 0.15) is 6.42 Å². The number of ether oxygens (including phenoxy) is 2. The molecule has 8 nitrogen and oxygen atoms in total. The molecule has 1 aromatic heterocycles. The third-order valence-corrected chi connectivity index (χ3v) is 4.81. The molecule has 32 heavy (non-hydrogen) atoms. The number of carboxylic acid groups (broad SMARTS) is 2. The highest BCUT2D eigenvalue weighted by molar-refractivity contribution is 6.41. The summed E-state index contributed by atoms with van der Waals surface area (Å²) in [5, 5.41) is 17.9. The van der Waals surface area contributed by atoms with Gasteiger partial charge in [0.2, 0.25) is 0 Å². The van der Waals surface area contributed by atoms with Gasteiger partial charge < -0.3 is 25.4 Å². The zero-order valence-corrected chi connectivity index (χ0v) is 19.8. The number of carboxylic acids is 2. The van der Waals surface area contributed by atoms with E-state index >= 15 is 0 Å². The van der Waals surface area contributed by atoms with Gasteiger partial charge in [0.1, 0.15) is 33.1 Å². The molecule has 0 aliphatic carbocycles. The van der Waals surface area contributed by atoms with Crippen LogP contribution in [0.2, 0.25) is 20.2 Å². The molecule has 3 aromatic rings. The molecule has 0 unspecified atom stereocenters. The first-order chi connectivity index (χ1) is 15.0. The molecule has 12 heteroatoms. The predicted octanol–water partition coefficient (Wildman–Crippen LogP) is 5.68. The van der Waals surface area contributed by atoms with Gasteiger partial charge in [0.25, 0.3) is 0 Å². The summed E-state index contributed by atoms with van der Waals surface area (Å²) in [6, 6.07) is 10.4. The first-order valence-corrected chi connectivity index (χ1v) is 10.0. The number of carbonyl (C=O) groups is 2. The van der Waals surface area contributed by atoms with Crippen molar-refractivity contribution in [2.24, 2.45) is 0 Å². The second-order valence-electron chi connectivity index (χ2n) is 5.73. The van der Waals surface area contributed by atoms with Crippen LogP contribution in [0.3, 0.4) is 0 Å². The van der Waals surface area contributed by atoms with Crippen LogP contribution < -0.4 is 15.2 Å². The maximum atomic E-state index is 9.43. The zero-order chi connectivity index (χ0) is 24.4. The molecule has 0 fully saturated rings. The van der Waals surface area contributed by atoms with E-state index in [2.05, 4.69) is 4.98 Å². The number of fused-ring (bicyclic) bond motifs is 1. The number of pyridine rings is 1. The number of methoxy groups -OCH3 is 2. The van der Waals surface area contributed by atoms with E-state index in [1.165, 1.54) is 0 Å². The van der Waals surface area contributed by atoms with Gasteiger partial charge in [-0.05, 0) is 30.3 Å². The standard InChI is InChI=1S/C10H6Cl3NO.C7H8ClNO.C3H4O4/c1-15-7-3-2-5-6(11)4-8(12)14-10(5)9(7)13;1-10-6-4-2-3-5(9)7(6)8;4-2(5)1-3(6)7/h2-4H,1H3;2-4H,9H2,1H3;1H2,(H,4,5)(H,6,7). The molecule has 0 bridgehead atoms. The van der Waals surface area contributed by atoms with E-state index in [1.807, 2.05) is 0 Å². The lowest BCUT2D eigenvalue weighted by Gasteiger charge is -2.07. The molecule has 0 atom stereocenters. The summed E-state index contributed by atoms with van der Waals surface area (Å²) in [7, 11) is 3.10. The number of rotatable bonds is 4. The van der Waals surface area contributed by atoms with Crippen molar-refractivity contribution < 1.29 is 29.3 Å². The van der Waals surface area contributed by atoms with Crippen molar-refractivity contribution in [1.82, 2.24) is 4.98 Å². The Morgan fingerprint density at radius 2 is 1.50 bits per heavy atom. The minimum Gasteiger partial charge on any atom is -0.495 e. The fraction of sp³-hybridized carbons (Fsp3) is 0.150. The Hall–Kier alpha value is -2.65. The van der Waals surface area contributed by atoms with Crippen LogP contribution in [0, 0.1) is 0 Å². The highest BCUT2D eigenvalue weighted by Gasteiger charge is 2.10. The first-order valence-electron chi connectivity index (χ1n) is 8.51. The van der Waals surface area contributed by atoms with E-state index in [-0.39, 0.29) is 0 Å². The van der Waals surface area contributed by atoms with Gasteiger partial charge in [0, 0.05) is 5.39 Å². The number of nitrogens with two attached hydrogens (primary N) is 1. The number of aliphatic carboxylic acids is 2. The summed E-state index contributed by atoms with van der Waals surface area (Å²) >= 11 is 23.6. The topological polar surface area (TPSA) is 132 Å². The normalized spacial score (nSPS) is 9.69. The summed E-state index contributed by atoms with van der Waals surface area (Å²) in [6.07, 6.45) is -0.806. The summed E-state index contributed by atoms with van der Waals surface area (Å²) in [4.78, 5) is 23.0. The molecule has 0 spiro atoms. The van der Waals surface area contributed by atoms with Crippen molar-refractivity contribution in [3.8, 4) is 11.5 Å². The minimum absolute atomic E-state index is 0.308. The van der Waals surface area contributed by atoms with E-state index in [9.17, 15) is 9.59 Å². The van der Waals surface area contributed by atoms with Crippen molar-refractivity contribution in [3.05, 3.63) is 56.6 Å². The van der Waals surface area contributed by atoms with Crippen molar-refractivity contribution in [2.75, 3.05) is 20.0 Å². The highest BCUT2D eigenvalue weighted by Crippen LogP contribution is 2.35. The first kappa shape index (κ1) is 27.4. The van der Waals surface area contributed by atoms with Gasteiger partial charge in [-0.25, -0.2) is 4.98 Å². The summed E-state index contributed by atoms with van der Waals surface area (Å²) in [5.74, 6) is -1.46.